The van der Waals surface area contributed by atoms with Crippen molar-refractivity contribution in [3.63, 3.8) is 0 Å². The summed E-state index contributed by atoms with van der Waals surface area (Å²) in [5.74, 6) is -0.108. The number of hydrogen-bond donors (Lipinski definition) is 1. The van der Waals surface area contributed by atoms with Crippen molar-refractivity contribution in [1.29, 1.82) is 0 Å². The van der Waals surface area contributed by atoms with Gasteiger partial charge >= 0.3 is 0 Å². The van der Waals surface area contributed by atoms with Gasteiger partial charge in [0.2, 0.25) is 5.91 Å². The van der Waals surface area contributed by atoms with Crippen LogP contribution in [0.25, 0.3) is 10.9 Å². The topological polar surface area (TPSA) is 64.0 Å². The second-order valence-corrected chi connectivity index (χ2v) is 7.87. The molecule has 0 fully saturated rings. The molecule has 1 N–H and O–H groups in total. The first-order chi connectivity index (χ1) is 14.1. The first-order valence-electron chi connectivity index (χ1n) is 9.46. The Morgan fingerprint density at radius 3 is 2.69 bits per heavy atom. The summed E-state index contributed by atoms with van der Waals surface area (Å²) < 4.78 is 1.50. The van der Waals surface area contributed by atoms with Crippen LogP contribution in [-0.2, 0) is 11.3 Å². The minimum Gasteiger partial charge on any atom is -0.344 e. The Kier molecular flexibility index (Phi) is 5.53. The number of benzene rings is 2. The van der Waals surface area contributed by atoms with Gasteiger partial charge in [0.1, 0.15) is 0 Å². The molecule has 0 aliphatic heterocycles. The van der Waals surface area contributed by atoms with Crippen molar-refractivity contribution in [2.75, 3.05) is 0 Å². The van der Waals surface area contributed by atoms with E-state index in [1.807, 2.05) is 66.9 Å². The van der Waals surface area contributed by atoms with Crippen LogP contribution in [0.3, 0.4) is 0 Å². The molecule has 1 atom stereocenters. The molecule has 2 heterocycles. The fourth-order valence-electron chi connectivity index (χ4n) is 3.37. The molecule has 0 aliphatic carbocycles. The molecule has 4 aromatic rings. The van der Waals surface area contributed by atoms with Crippen LogP contribution in [-0.4, -0.2) is 15.5 Å². The first-order valence-corrected chi connectivity index (χ1v) is 10.3. The molecule has 0 radical (unpaired) electrons. The number of nitrogens with zero attached hydrogens (tertiary/aromatic N) is 2. The molecule has 1 amide bonds. The normalized spacial score (nSPS) is 12.0. The molecule has 146 valence electrons. The molecule has 2 aromatic heterocycles. The second kappa shape index (κ2) is 8.41. The molecule has 5 nitrogen and oxygen atoms in total. The number of thiophene rings is 1. The van der Waals surface area contributed by atoms with Crippen LogP contribution >= 0.6 is 11.3 Å². The Bertz CT molecular complexity index is 1180. The highest BCUT2D eigenvalue weighted by atomic mass is 32.1. The fourth-order valence-corrected chi connectivity index (χ4v) is 4.17. The summed E-state index contributed by atoms with van der Waals surface area (Å²) in [6, 6.07) is 19.2. The van der Waals surface area contributed by atoms with Crippen LogP contribution < -0.4 is 10.9 Å². The van der Waals surface area contributed by atoms with E-state index in [-0.39, 0.29) is 30.5 Å². The zero-order chi connectivity index (χ0) is 20.2. The van der Waals surface area contributed by atoms with Crippen molar-refractivity contribution in [2.45, 2.75) is 25.9 Å². The van der Waals surface area contributed by atoms with Crippen LogP contribution in [0.1, 0.15) is 28.5 Å². The zero-order valence-corrected chi connectivity index (χ0v) is 16.9. The Morgan fingerprint density at radius 1 is 1.10 bits per heavy atom. The van der Waals surface area contributed by atoms with Crippen LogP contribution in [0.4, 0.5) is 0 Å². The number of nitrogens with one attached hydrogen (secondary N) is 1. The summed E-state index contributed by atoms with van der Waals surface area (Å²) in [6.07, 6.45) is 1.73. The lowest BCUT2D eigenvalue weighted by Gasteiger charge is -2.18. The smallest absolute Gasteiger partial charge is 0.261 e. The number of hydrogen-bond acceptors (Lipinski definition) is 4. The molecule has 1 unspecified atom stereocenters. The van der Waals surface area contributed by atoms with Crippen molar-refractivity contribution in [3.05, 3.63) is 98.7 Å². The van der Waals surface area contributed by atoms with Gasteiger partial charge in [-0.1, -0.05) is 48.5 Å². The quantitative estimate of drug-likeness (QED) is 0.528. The minimum atomic E-state index is -0.196. The molecule has 0 aliphatic rings. The van der Waals surface area contributed by atoms with Crippen LogP contribution in [0.5, 0.6) is 0 Å². The van der Waals surface area contributed by atoms with Crippen LogP contribution in [0.15, 0.2) is 77.2 Å². The van der Waals surface area contributed by atoms with Crippen molar-refractivity contribution < 1.29 is 4.79 Å². The van der Waals surface area contributed by atoms with Gasteiger partial charge in [-0.05, 0) is 35.6 Å². The lowest BCUT2D eigenvalue weighted by Crippen LogP contribution is -2.31. The van der Waals surface area contributed by atoms with Crippen molar-refractivity contribution in [3.8, 4) is 0 Å². The van der Waals surface area contributed by atoms with E-state index in [2.05, 4.69) is 10.3 Å². The van der Waals surface area contributed by atoms with Gasteiger partial charge in [0.15, 0.2) is 0 Å². The molecule has 4 rings (SSSR count). The third-order valence-electron chi connectivity index (χ3n) is 4.90. The van der Waals surface area contributed by atoms with Gasteiger partial charge in [-0.25, -0.2) is 4.98 Å². The Labute approximate surface area is 172 Å². The largest absolute Gasteiger partial charge is 0.344 e. The lowest BCUT2D eigenvalue weighted by atomic mass is 10.1. The maximum Gasteiger partial charge on any atom is 0.261 e. The Balaban J connectivity index is 1.50. The van der Waals surface area contributed by atoms with E-state index in [0.29, 0.717) is 10.9 Å². The van der Waals surface area contributed by atoms with E-state index in [0.717, 1.165) is 16.0 Å². The minimum absolute atomic E-state index is 0.108. The highest BCUT2D eigenvalue weighted by Crippen LogP contribution is 2.26. The number of carbonyl (C=O) groups is 1. The standard InChI is InChI=1S/C23H21N3O2S/c1-16-7-5-10-18-21(16)24-15-26(23(18)28)13-12-20(27)25-22(19-11-6-14-29-19)17-8-3-2-4-9-17/h2-11,14-15,22H,12-13H2,1H3,(H,25,27). The fraction of sp³-hybridized carbons (Fsp3) is 0.174. The highest BCUT2D eigenvalue weighted by Gasteiger charge is 2.18. The Hall–Kier alpha value is -3.25. The summed E-state index contributed by atoms with van der Waals surface area (Å²) in [5, 5.41) is 5.68. The predicted molar refractivity (Wildman–Crippen MR) is 116 cm³/mol. The molecular formula is C23H21N3O2S. The molecule has 0 saturated heterocycles. The predicted octanol–water partition coefficient (Wildman–Crippen LogP) is 4.06. The molecular weight excluding hydrogens is 382 g/mol. The van der Waals surface area contributed by atoms with Gasteiger partial charge in [-0.3, -0.25) is 14.2 Å². The summed E-state index contributed by atoms with van der Waals surface area (Å²) in [6.45, 7) is 2.22. The SMILES string of the molecule is Cc1cccc2c(=O)n(CCC(=O)NC(c3ccccc3)c3cccs3)cnc12. The van der Waals surface area contributed by atoms with Crippen molar-refractivity contribution >= 4 is 28.1 Å². The molecule has 0 saturated carbocycles. The summed E-state index contributed by atoms with van der Waals surface area (Å²) in [5.41, 5.74) is 2.58. The van der Waals surface area contributed by atoms with Gasteiger partial charge in [-0.15, -0.1) is 11.3 Å². The maximum absolute atomic E-state index is 12.7. The summed E-state index contributed by atoms with van der Waals surface area (Å²) >= 11 is 1.61. The number of rotatable bonds is 6. The third-order valence-corrected chi connectivity index (χ3v) is 5.84. The monoisotopic (exact) mass is 403 g/mol. The van der Waals surface area contributed by atoms with Gasteiger partial charge in [0.25, 0.3) is 5.56 Å². The summed E-state index contributed by atoms with van der Waals surface area (Å²) in [7, 11) is 0. The second-order valence-electron chi connectivity index (χ2n) is 6.89. The van der Waals surface area contributed by atoms with E-state index in [9.17, 15) is 9.59 Å². The number of fused-ring (bicyclic) bond motifs is 1. The van der Waals surface area contributed by atoms with Crippen LogP contribution in [0, 0.1) is 6.92 Å². The summed E-state index contributed by atoms with van der Waals surface area (Å²) in [4.78, 5) is 30.9. The zero-order valence-electron chi connectivity index (χ0n) is 16.0. The van der Waals surface area contributed by atoms with E-state index in [1.54, 1.807) is 17.4 Å². The molecule has 2 aromatic carbocycles. The van der Waals surface area contributed by atoms with Crippen LogP contribution in [0.2, 0.25) is 0 Å². The van der Waals surface area contributed by atoms with E-state index in [1.165, 1.54) is 10.9 Å². The van der Waals surface area contributed by atoms with Gasteiger partial charge < -0.3 is 5.32 Å². The van der Waals surface area contributed by atoms with E-state index < -0.39 is 0 Å². The average molecular weight is 404 g/mol. The Morgan fingerprint density at radius 2 is 1.93 bits per heavy atom. The molecule has 6 heteroatoms. The van der Waals surface area contributed by atoms with Gasteiger partial charge in [0, 0.05) is 17.8 Å². The maximum atomic E-state index is 12.7. The molecule has 29 heavy (non-hydrogen) atoms. The number of carbonyl (C=O) groups excluding carboxylic acids is 1. The van der Waals surface area contributed by atoms with Crippen molar-refractivity contribution in [2.24, 2.45) is 0 Å². The molecule has 0 spiro atoms. The number of amides is 1. The third kappa shape index (κ3) is 4.12. The molecule has 0 bridgehead atoms. The first kappa shape index (κ1) is 19.1. The lowest BCUT2D eigenvalue weighted by molar-refractivity contribution is -0.121. The van der Waals surface area contributed by atoms with E-state index >= 15 is 0 Å². The van der Waals surface area contributed by atoms with Gasteiger partial charge in [0.05, 0.1) is 23.3 Å². The van der Waals surface area contributed by atoms with Crippen molar-refractivity contribution in [1.82, 2.24) is 14.9 Å². The average Bonchev–Trinajstić information content (AvgIpc) is 3.27. The number of aryl methyl sites for hydroxylation is 2. The van der Waals surface area contributed by atoms with E-state index in [4.69, 9.17) is 0 Å². The highest BCUT2D eigenvalue weighted by molar-refractivity contribution is 7.10. The number of aromatic nitrogens is 2. The van der Waals surface area contributed by atoms with Gasteiger partial charge in [-0.2, -0.15) is 0 Å². The number of para-hydroxylation sites is 1.